The minimum atomic E-state index is -6.60. The van der Waals surface area contributed by atoms with E-state index in [4.69, 9.17) is 9.66 Å². The first-order valence-electron chi connectivity index (χ1n) is 5.55. The average molecular weight is 386 g/mol. The highest BCUT2D eigenvalue weighted by atomic mass is 32.2. The fourth-order valence-electron chi connectivity index (χ4n) is 1.16. The predicted octanol–water partition coefficient (Wildman–Crippen LogP) is 3.15. The minimum Gasteiger partial charge on any atom is -0.477 e. The van der Waals surface area contributed by atoms with Crippen LogP contribution in [-0.4, -0.2) is 42.1 Å². The van der Waals surface area contributed by atoms with E-state index < -0.39 is 34.1 Å². The highest BCUT2D eigenvalue weighted by Crippen LogP contribution is 2.46. The van der Waals surface area contributed by atoms with Crippen molar-refractivity contribution in [3.8, 4) is 0 Å². The molecule has 0 aliphatic heterocycles. The van der Waals surface area contributed by atoms with Crippen LogP contribution in [-0.2, 0) is 14.9 Å². The molecule has 0 fully saturated rings. The van der Waals surface area contributed by atoms with Gasteiger partial charge in [0.2, 0.25) is 0 Å². The van der Waals surface area contributed by atoms with Crippen LogP contribution in [0.25, 0.3) is 0 Å². The number of carbonyl (C=O) groups is 1. The fourth-order valence-corrected chi connectivity index (χ4v) is 1.88. The lowest BCUT2D eigenvalue weighted by molar-refractivity contribution is -0.347. The topological polar surface area (TPSA) is 91.7 Å². The van der Waals surface area contributed by atoms with Crippen LogP contribution in [0.2, 0.25) is 0 Å². The number of benzene rings is 1. The summed E-state index contributed by atoms with van der Waals surface area (Å²) in [6.07, 6.45) is -6.60. The van der Waals surface area contributed by atoms with Crippen molar-refractivity contribution in [1.29, 1.82) is 0 Å². The molecule has 1 aromatic rings. The third-order valence-corrected chi connectivity index (χ3v) is 3.40. The molecule has 0 amide bonds. The molecule has 5 nitrogen and oxygen atoms in total. The zero-order chi connectivity index (χ0) is 19.6. The lowest BCUT2D eigenvalue weighted by Gasteiger charge is -2.24. The summed E-state index contributed by atoms with van der Waals surface area (Å²) in [6.45, 7) is 1.63. The lowest BCUT2D eigenvalue weighted by Crippen LogP contribution is -2.56. The van der Waals surface area contributed by atoms with Crippen molar-refractivity contribution in [1.82, 2.24) is 0 Å². The lowest BCUT2D eigenvalue weighted by atomic mass is 10.1. The molecule has 2 N–H and O–H groups in total. The first kappa shape index (κ1) is 22.1. The summed E-state index contributed by atoms with van der Waals surface area (Å²) < 4.78 is 110. The van der Waals surface area contributed by atoms with Gasteiger partial charge in [0.15, 0.2) is 0 Å². The zero-order valence-corrected chi connectivity index (χ0v) is 12.3. The molecule has 1 aromatic carbocycles. The Morgan fingerprint density at radius 2 is 1.42 bits per heavy atom. The third kappa shape index (κ3) is 4.80. The van der Waals surface area contributed by atoms with Crippen LogP contribution in [0.5, 0.6) is 0 Å². The van der Waals surface area contributed by atoms with E-state index in [1.807, 2.05) is 0 Å². The fraction of sp³-hybridized carbons (Fsp3) is 0.364. The van der Waals surface area contributed by atoms with Crippen molar-refractivity contribution in [2.75, 3.05) is 0 Å². The monoisotopic (exact) mass is 386 g/mol. The summed E-state index contributed by atoms with van der Waals surface area (Å²) in [5, 5.41) is 7.41. The van der Waals surface area contributed by atoms with Crippen molar-refractivity contribution in [3.05, 3.63) is 29.8 Å². The molecule has 0 saturated carbocycles. The van der Waals surface area contributed by atoms with E-state index in [0.29, 0.717) is 5.56 Å². The van der Waals surface area contributed by atoms with E-state index >= 15 is 0 Å². The van der Waals surface area contributed by atoms with Crippen LogP contribution >= 0.6 is 0 Å². The Kier molecular flexibility index (Phi) is 6.38. The smallest absolute Gasteiger partial charge is 0.460 e. The number of halogens is 7. The molecule has 0 spiro atoms. The van der Waals surface area contributed by atoms with Crippen molar-refractivity contribution in [2.24, 2.45) is 0 Å². The van der Waals surface area contributed by atoms with Crippen LogP contribution in [0.1, 0.15) is 5.56 Å². The van der Waals surface area contributed by atoms with E-state index in [9.17, 15) is 43.9 Å². The molecule has 0 saturated heterocycles. The molecular weight excluding hydrogens is 377 g/mol. The Labute approximate surface area is 130 Å². The second kappa shape index (κ2) is 6.93. The van der Waals surface area contributed by atoms with Gasteiger partial charge in [-0.25, -0.2) is 4.79 Å². The average Bonchev–Trinajstić information content (AvgIpc) is 2.36. The molecule has 1 rings (SSSR count). The largest absolute Gasteiger partial charge is 0.477 e. The first-order chi connectivity index (χ1) is 10.5. The Hall–Kier alpha value is -1.89. The van der Waals surface area contributed by atoms with Crippen molar-refractivity contribution in [3.63, 3.8) is 0 Å². The van der Waals surface area contributed by atoms with Gasteiger partial charge in [-0.15, -0.1) is 0 Å². The summed E-state index contributed by atoms with van der Waals surface area (Å²) in [4.78, 5) is 9.36. The SMILES string of the molecule is Cc1ccccc1S(=O)(=O)O.O=C(O)C(F)(F)C(F)(F)C(F)(F)F. The van der Waals surface area contributed by atoms with Crippen molar-refractivity contribution in [2.45, 2.75) is 29.8 Å². The second-order valence-electron chi connectivity index (χ2n) is 4.19. The normalized spacial score (nSPS) is 13.0. The summed E-state index contributed by atoms with van der Waals surface area (Å²) >= 11 is 0. The van der Waals surface area contributed by atoms with Crippen LogP contribution in [0, 0.1) is 6.92 Å². The van der Waals surface area contributed by atoms with Crippen LogP contribution in [0.15, 0.2) is 29.2 Å². The number of aliphatic carboxylic acids is 1. The van der Waals surface area contributed by atoms with Gasteiger partial charge in [-0.3, -0.25) is 4.55 Å². The molecule has 0 heterocycles. The number of carboxylic acid groups (broad SMARTS) is 1. The third-order valence-electron chi connectivity index (χ3n) is 2.39. The predicted molar refractivity (Wildman–Crippen MR) is 64.6 cm³/mol. The summed E-state index contributed by atoms with van der Waals surface area (Å²) in [5.74, 6) is -16.3. The van der Waals surface area contributed by atoms with Crippen molar-refractivity contribution < 1.29 is 53.6 Å². The summed E-state index contributed by atoms with van der Waals surface area (Å²) in [7, 11) is -4.03. The number of hydrogen-bond acceptors (Lipinski definition) is 3. The first-order valence-corrected chi connectivity index (χ1v) is 6.99. The van der Waals surface area contributed by atoms with Crippen LogP contribution < -0.4 is 0 Å². The summed E-state index contributed by atoms with van der Waals surface area (Å²) in [6, 6.07) is 6.27. The molecule has 0 radical (unpaired) electrons. The Balaban J connectivity index is 0.000000446. The van der Waals surface area contributed by atoms with E-state index in [1.165, 1.54) is 6.07 Å². The molecule has 0 aliphatic carbocycles. The van der Waals surface area contributed by atoms with E-state index in [1.54, 1.807) is 25.1 Å². The molecule has 0 aromatic heterocycles. The van der Waals surface area contributed by atoms with Gasteiger partial charge in [0.25, 0.3) is 10.1 Å². The molecular formula is C11H9F7O5S. The van der Waals surface area contributed by atoms with Gasteiger partial charge in [-0.1, -0.05) is 18.2 Å². The second-order valence-corrected chi connectivity index (χ2v) is 5.58. The van der Waals surface area contributed by atoms with Gasteiger partial charge in [0.1, 0.15) is 0 Å². The van der Waals surface area contributed by atoms with Gasteiger partial charge in [-0.2, -0.15) is 39.2 Å². The maximum absolute atomic E-state index is 11.8. The molecule has 0 aliphatic rings. The molecule has 138 valence electrons. The minimum absolute atomic E-state index is 0.0278. The molecule has 13 heteroatoms. The number of aryl methyl sites for hydroxylation is 1. The Morgan fingerprint density at radius 3 is 1.62 bits per heavy atom. The Morgan fingerprint density at radius 1 is 1.00 bits per heavy atom. The maximum atomic E-state index is 11.8. The maximum Gasteiger partial charge on any atom is 0.460 e. The van der Waals surface area contributed by atoms with Crippen molar-refractivity contribution >= 4 is 16.1 Å². The summed E-state index contributed by atoms with van der Waals surface area (Å²) in [5.41, 5.74) is 0.551. The number of rotatable bonds is 3. The number of alkyl halides is 7. The Bertz CT molecular complexity index is 697. The van der Waals surface area contributed by atoms with Gasteiger partial charge in [0.05, 0.1) is 4.90 Å². The molecule has 0 atom stereocenters. The van der Waals surface area contributed by atoms with E-state index in [0.717, 1.165) is 0 Å². The quantitative estimate of drug-likeness (QED) is 0.615. The van der Waals surface area contributed by atoms with Crippen LogP contribution in [0.3, 0.4) is 0 Å². The van der Waals surface area contributed by atoms with Gasteiger partial charge in [-0.05, 0) is 18.6 Å². The zero-order valence-electron chi connectivity index (χ0n) is 11.5. The molecule has 0 bridgehead atoms. The molecule has 0 unspecified atom stereocenters. The van der Waals surface area contributed by atoms with E-state index in [-0.39, 0.29) is 4.90 Å². The highest BCUT2D eigenvalue weighted by Gasteiger charge is 2.76. The van der Waals surface area contributed by atoms with E-state index in [2.05, 4.69) is 0 Å². The number of hydrogen-bond donors (Lipinski definition) is 2. The highest BCUT2D eigenvalue weighted by molar-refractivity contribution is 7.85. The van der Waals surface area contributed by atoms with Gasteiger partial charge >= 0.3 is 24.0 Å². The van der Waals surface area contributed by atoms with Gasteiger partial charge in [0, 0.05) is 0 Å². The molecule has 24 heavy (non-hydrogen) atoms. The van der Waals surface area contributed by atoms with Gasteiger partial charge < -0.3 is 5.11 Å². The number of carboxylic acids is 1. The standard InChI is InChI=1S/C7H8O3S.C4HF7O2/c1-6-4-2-3-5-7(6)11(8,9)10;5-2(6,1(12)13)3(7,8)4(9,10)11/h2-5H,1H3,(H,8,9,10);(H,12,13). The van der Waals surface area contributed by atoms with Crippen LogP contribution in [0.4, 0.5) is 30.7 Å².